The van der Waals surface area contributed by atoms with Gasteiger partial charge < -0.3 is 10.1 Å². The maximum atomic E-state index is 12.9. The summed E-state index contributed by atoms with van der Waals surface area (Å²) in [5, 5.41) is 12.2. The van der Waals surface area contributed by atoms with Gasteiger partial charge in [0.05, 0.1) is 0 Å². The average Bonchev–Trinajstić information content (AvgIpc) is 2.74. The molecule has 0 saturated heterocycles. The van der Waals surface area contributed by atoms with Gasteiger partial charge in [0.15, 0.2) is 0 Å². The number of aromatic nitrogens is 2. The molecule has 0 aliphatic rings. The van der Waals surface area contributed by atoms with Crippen molar-refractivity contribution in [2.75, 3.05) is 6.54 Å². The molecule has 1 aromatic heterocycles. The standard InChI is InChI=1S/C11H12FN3OS/c1-2-13-7-10-14-15-11(17-10)16-9-5-3-4-8(12)6-9/h3-6,13H,2,7H2,1H3. The first-order chi connectivity index (χ1) is 8.28. The second kappa shape index (κ2) is 5.70. The van der Waals surface area contributed by atoms with Crippen LogP contribution in [-0.2, 0) is 6.54 Å². The predicted octanol–water partition coefficient (Wildman–Crippen LogP) is 2.58. The molecule has 0 spiro atoms. The highest BCUT2D eigenvalue weighted by atomic mass is 32.1. The van der Waals surface area contributed by atoms with Gasteiger partial charge in [-0.3, -0.25) is 0 Å². The molecular weight excluding hydrogens is 241 g/mol. The molecule has 0 unspecified atom stereocenters. The van der Waals surface area contributed by atoms with Crippen LogP contribution < -0.4 is 10.1 Å². The van der Waals surface area contributed by atoms with Crippen LogP contribution in [0.4, 0.5) is 4.39 Å². The van der Waals surface area contributed by atoms with Gasteiger partial charge in [-0.05, 0) is 18.7 Å². The van der Waals surface area contributed by atoms with Gasteiger partial charge in [-0.2, -0.15) is 0 Å². The molecule has 0 bridgehead atoms. The molecule has 2 aromatic rings. The van der Waals surface area contributed by atoms with Crippen LogP contribution in [0, 0.1) is 5.82 Å². The van der Waals surface area contributed by atoms with E-state index in [-0.39, 0.29) is 5.82 Å². The minimum Gasteiger partial charge on any atom is -0.430 e. The fourth-order valence-electron chi connectivity index (χ4n) is 1.21. The number of hydrogen-bond acceptors (Lipinski definition) is 5. The zero-order valence-electron chi connectivity index (χ0n) is 9.31. The van der Waals surface area contributed by atoms with Gasteiger partial charge in [-0.25, -0.2) is 4.39 Å². The molecule has 0 aliphatic heterocycles. The van der Waals surface area contributed by atoms with Crippen LogP contribution >= 0.6 is 11.3 Å². The first-order valence-corrected chi connectivity index (χ1v) is 6.06. The molecule has 17 heavy (non-hydrogen) atoms. The van der Waals surface area contributed by atoms with Crippen LogP contribution in [0.15, 0.2) is 24.3 Å². The van der Waals surface area contributed by atoms with E-state index < -0.39 is 0 Å². The number of ether oxygens (including phenoxy) is 1. The van der Waals surface area contributed by atoms with Gasteiger partial charge in [0, 0.05) is 12.6 Å². The summed E-state index contributed by atoms with van der Waals surface area (Å²) in [4.78, 5) is 0. The Morgan fingerprint density at radius 2 is 2.29 bits per heavy atom. The number of nitrogens with one attached hydrogen (secondary N) is 1. The Morgan fingerprint density at radius 1 is 1.41 bits per heavy atom. The summed E-state index contributed by atoms with van der Waals surface area (Å²) in [6.45, 7) is 3.56. The maximum absolute atomic E-state index is 12.9. The highest BCUT2D eigenvalue weighted by Gasteiger charge is 2.06. The Kier molecular flexibility index (Phi) is 4.00. The Morgan fingerprint density at radius 3 is 3.06 bits per heavy atom. The fourth-order valence-corrected chi connectivity index (χ4v) is 1.89. The summed E-state index contributed by atoms with van der Waals surface area (Å²) in [6.07, 6.45) is 0. The highest BCUT2D eigenvalue weighted by molar-refractivity contribution is 7.13. The molecule has 0 saturated carbocycles. The van der Waals surface area contributed by atoms with Crippen molar-refractivity contribution in [1.29, 1.82) is 0 Å². The van der Waals surface area contributed by atoms with Gasteiger partial charge >= 0.3 is 0 Å². The third kappa shape index (κ3) is 3.47. The normalized spacial score (nSPS) is 10.5. The molecule has 0 aliphatic carbocycles. The van der Waals surface area contributed by atoms with Crippen molar-refractivity contribution in [3.8, 4) is 10.9 Å². The van der Waals surface area contributed by atoms with E-state index in [2.05, 4.69) is 15.5 Å². The fraction of sp³-hybridized carbons (Fsp3) is 0.273. The van der Waals surface area contributed by atoms with Crippen LogP contribution in [0.5, 0.6) is 10.9 Å². The summed E-state index contributed by atoms with van der Waals surface area (Å²) < 4.78 is 18.3. The molecule has 1 N–H and O–H groups in total. The summed E-state index contributed by atoms with van der Waals surface area (Å²) in [6, 6.07) is 5.94. The van der Waals surface area contributed by atoms with Gasteiger partial charge in [0.25, 0.3) is 5.19 Å². The predicted molar refractivity (Wildman–Crippen MR) is 63.8 cm³/mol. The van der Waals surface area contributed by atoms with E-state index in [1.807, 2.05) is 6.92 Å². The molecule has 1 aromatic carbocycles. The Hall–Kier alpha value is -1.53. The summed E-state index contributed by atoms with van der Waals surface area (Å²) >= 11 is 1.34. The van der Waals surface area contributed by atoms with Crippen molar-refractivity contribution in [2.24, 2.45) is 0 Å². The molecule has 0 fully saturated rings. The molecule has 0 atom stereocenters. The molecule has 0 radical (unpaired) electrons. The maximum Gasteiger partial charge on any atom is 0.299 e. The molecule has 4 nitrogen and oxygen atoms in total. The number of nitrogens with zero attached hydrogens (tertiary/aromatic N) is 2. The lowest BCUT2D eigenvalue weighted by atomic mass is 10.3. The number of rotatable bonds is 5. The Balaban J connectivity index is 2.01. The van der Waals surface area contributed by atoms with E-state index in [4.69, 9.17) is 4.74 Å². The minimum atomic E-state index is -0.333. The van der Waals surface area contributed by atoms with Crippen LogP contribution in [0.25, 0.3) is 0 Å². The third-order valence-corrected chi connectivity index (χ3v) is 2.78. The lowest BCUT2D eigenvalue weighted by Gasteiger charge is -1.99. The van der Waals surface area contributed by atoms with Crippen molar-refractivity contribution in [3.63, 3.8) is 0 Å². The van der Waals surface area contributed by atoms with Crippen molar-refractivity contribution in [2.45, 2.75) is 13.5 Å². The SMILES string of the molecule is CCNCc1nnc(Oc2cccc(F)c2)s1. The second-order valence-corrected chi connectivity index (χ2v) is 4.33. The van der Waals surface area contributed by atoms with Crippen molar-refractivity contribution < 1.29 is 9.13 Å². The largest absolute Gasteiger partial charge is 0.430 e. The molecule has 6 heteroatoms. The van der Waals surface area contributed by atoms with Crippen molar-refractivity contribution in [3.05, 3.63) is 35.1 Å². The Bertz CT molecular complexity index is 489. The second-order valence-electron chi connectivity index (χ2n) is 3.30. The van der Waals surface area contributed by atoms with E-state index in [0.717, 1.165) is 11.6 Å². The molecular formula is C11H12FN3OS. The Labute approximate surface area is 102 Å². The first-order valence-electron chi connectivity index (χ1n) is 5.24. The molecule has 0 amide bonds. The first kappa shape index (κ1) is 11.9. The van der Waals surface area contributed by atoms with Gasteiger partial charge in [0.2, 0.25) is 0 Å². The zero-order valence-corrected chi connectivity index (χ0v) is 10.1. The van der Waals surface area contributed by atoms with Crippen molar-refractivity contribution in [1.82, 2.24) is 15.5 Å². The summed E-state index contributed by atoms with van der Waals surface area (Å²) in [5.41, 5.74) is 0. The molecule has 2 rings (SSSR count). The van der Waals surface area contributed by atoms with E-state index in [1.54, 1.807) is 12.1 Å². The monoisotopic (exact) mass is 253 g/mol. The molecule has 90 valence electrons. The zero-order chi connectivity index (χ0) is 12.1. The van der Waals surface area contributed by atoms with Gasteiger partial charge in [0.1, 0.15) is 16.6 Å². The quantitative estimate of drug-likeness (QED) is 0.889. The van der Waals surface area contributed by atoms with Gasteiger partial charge in [-0.15, -0.1) is 5.10 Å². The van der Waals surface area contributed by atoms with Crippen LogP contribution in [0.2, 0.25) is 0 Å². The summed E-state index contributed by atoms with van der Waals surface area (Å²) in [7, 11) is 0. The number of benzene rings is 1. The van der Waals surface area contributed by atoms with Crippen molar-refractivity contribution >= 4 is 11.3 Å². The smallest absolute Gasteiger partial charge is 0.299 e. The topological polar surface area (TPSA) is 47.0 Å². The van der Waals surface area contributed by atoms with E-state index in [0.29, 0.717) is 17.5 Å². The number of halogens is 1. The van der Waals surface area contributed by atoms with Crippen LogP contribution in [0.3, 0.4) is 0 Å². The van der Waals surface area contributed by atoms with Crippen LogP contribution in [-0.4, -0.2) is 16.7 Å². The average molecular weight is 253 g/mol. The highest BCUT2D eigenvalue weighted by Crippen LogP contribution is 2.25. The molecule has 1 heterocycles. The van der Waals surface area contributed by atoms with E-state index >= 15 is 0 Å². The third-order valence-electron chi connectivity index (χ3n) is 1.98. The lowest BCUT2D eigenvalue weighted by Crippen LogP contribution is -2.11. The van der Waals surface area contributed by atoms with E-state index in [9.17, 15) is 4.39 Å². The van der Waals surface area contributed by atoms with Gasteiger partial charge in [-0.1, -0.05) is 29.4 Å². The lowest BCUT2D eigenvalue weighted by molar-refractivity contribution is 0.467. The van der Waals surface area contributed by atoms with Crippen LogP contribution in [0.1, 0.15) is 11.9 Å². The minimum absolute atomic E-state index is 0.333. The number of hydrogen-bond donors (Lipinski definition) is 1. The summed E-state index contributed by atoms with van der Waals surface area (Å²) in [5.74, 6) is 0.0936. The van der Waals surface area contributed by atoms with E-state index in [1.165, 1.54) is 23.5 Å².